The van der Waals surface area contributed by atoms with Gasteiger partial charge in [0.25, 0.3) is 6.43 Å². The fraction of sp³-hybridized carbons (Fsp3) is 0.462. The predicted molar refractivity (Wildman–Crippen MR) is 69.3 cm³/mol. The molecule has 0 aliphatic carbocycles. The minimum absolute atomic E-state index is 0.00594. The Morgan fingerprint density at radius 3 is 2.58 bits per heavy atom. The van der Waals surface area contributed by atoms with Gasteiger partial charge in [-0.05, 0) is 24.7 Å². The van der Waals surface area contributed by atoms with E-state index in [4.69, 9.17) is 0 Å². The minimum atomic E-state index is -2.50. The highest BCUT2D eigenvalue weighted by atomic mass is 19.3. The third-order valence-electron chi connectivity index (χ3n) is 2.34. The highest BCUT2D eigenvalue weighted by Crippen LogP contribution is 2.09. The van der Waals surface area contributed by atoms with Crippen LogP contribution < -0.4 is 10.6 Å². The first-order valence-corrected chi connectivity index (χ1v) is 6.01. The third-order valence-corrected chi connectivity index (χ3v) is 2.34. The zero-order chi connectivity index (χ0) is 14.1. The number of hydrogen-bond donors (Lipinski definition) is 2. The van der Waals surface area contributed by atoms with E-state index in [1.54, 1.807) is 12.1 Å². The Hall–Kier alpha value is -1.53. The average Bonchev–Trinajstić information content (AvgIpc) is 2.37. The number of ether oxygens (including phenoxy) is 1. The second-order valence-electron chi connectivity index (χ2n) is 3.99. The molecule has 1 aromatic carbocycles. The van der Waals surface area contributed by atoms with Gasteiger partial charge in [0.1, 0.15) is 6.61 Å². The average molecular weight is 272 g/mol. The molecule has 0 atom stereocenters. The molecule has 1 amide bonds. The molecule has 0 heterocycles. The smallest absolute Gasteiger partial charge is 0.261 e. The van der Waals surface area contributed by atoms with E-state index in [2.05, 4.69) is 15.4 Å². The summed E-state index contributed by atoms with van der Waals surface area (Å²) in [4.78, 5) is 11.5. The van der Waals surface area contributed by atoms with Gasteiger partial charge < -0.3 is 15.4 Å². The van der Waals surface area contributed by atoms with Crippen molar-refractivity contribution < 1.29 is 18.3 Å². The fourth-order valence-corrected chi connectivity index (χ4v) is 1.47. The van der Waals surface area contributed by atoms with Crippen molar-refractivity contribution in [1.29, 1.82) is 0 Å². The summed E-state index contributed by atoms with van der Waals surface area (Å²) in [6, 6.07) is 7.40. The van der Waals surface area contributed by atoms with Crippen LogP contribution in [0.1, 0.15) is 12.0 Å². The summed E-state index contributed by atoms with van der Waals surface area (Å²) < 4.78 is 28.2. The van der Waals surface area contributed by atoms with E-state index in [1.807, 2.05) is 19.2 Å². The lowest BCUT2D eigenvalue weighted by Gasteiger charge is -2.07. The van der Waals surface area contributed by atoms with E-state index >= 15 is 0 Å². The molecule has 0 aliphatic rings. The molecule has 0 saturated heterocycles. The Morgan fingerprint density at radius 1 is 1.32 bits per heavy atom. The van der Waals surface area contributed by atoms with Crippen molar-refractivity contribution in [2.45, 2.75) is 19.4 Å². The Balaban J connectivity index is 2.27. The molecule has 1 aromatic rings. The standard InChI is InChI=1S/C13H18F2N2O2/c1-16-8-10-2-4-11(5-3-10)17-13(18)6-7-19-9-12(14)15/h2-5,12,16H,6-9H2,1H3,(H,17,18). The Labute approximate surface area is 111 Å². The molecule has 0 aliphatic heterocycles. The summed E-state index contributed by atoms with van der Waals surface area (Å²) in [6.45, 7) is 0.121. The second-order valence-corrected chi connectivity index (χ2v) is 3.99. The number of halogens is 2. The third kappa shape index (κ3) is 6.83. The number of amides is 1. The summed E-state index contributed by atoms with van der Waals surface area (Å²) in [6.07, 6.45) is -2.44. The summed E-state index contributed by atoms with van der Waals surface area (Å²) >= 11 is 0. The summed E-state index contributed by atoms with van der Waals surface area (Å²) in [5.41, 5.74) is 1.79. The van der Waals surface area contributed by atoms with E-state index in [1.165, 1.54) is 0 Å². The summed E-state index contributed by atoms with van der Waals surface area (Å²) in [5, 5.41) is 5.70. The van der Waals surface area contributed by atoms with Crippen LogP contribution in [-0.2, 0) is 16.1 Å². The van der Waals surface area contributed by atoms with Gasteiger partial charge in [-0.25, -0.2) is 8.78 Å². The quantitative estimate of drug-likeness (QED) is 0.712. The molecular formula is C13H18F2N2O2. The molecule has 0 spiro atoms. The van der Waals surface area contributed by atoms with Crippen molar-refractivity contribution in [3.63, 3.8) is 0 Å². The number of rotatable bonds is 8. The van der Waals surface area contributed by atoms with Gasteiger partial charge in [0.15, 0.2) is 0 Å². The van der Waals surface area contributed by atoms with Crippen LogP contribution in [-0.4, -0.2) is 32.6 Å². The number of carbonyl (C=O) groups is 1. The molecule has 1 rings (SSSR count). The number of nitrogens with one attached hydrogen (secondary N) is 2. The molecule has 0 saturated carbocycles. The van der Waals surface area contributed by atoms with E-state index in [9.17, 15) is 13.6 Å². The lowest BCUT2D eigenvalue weighted by Crippen LogP contribution is -2.15. The van der Waals surface area contributed by atoms with Crippen LogP contribution in [0, 0.1) is 0 Å². The molecule has 4 nitrogen and oxygen atoms in total. The number of carbonyl (C=O) groups excluding carboxylic acids is 1. The normalized spacial score (nSPS) is 10.7. The second kappa shape index (κ2) is 8.55. The van der Waals surface area contributed by atoms with Crippen molar-refractivity contribution in [1.82, 2.24) is 5.32 Å². The van der Waals surface area contributed by atoms with Crippen LogP contribution in [0.5, 0.6) is 0 Å². The maximum absolute atomic E-state index is 11.8. The zero-order valence-electron chi connectivity index (χ0n) is 10.8. The number of benzene rings is 1. The molecule has 0 bridgehead atoms. The molecule has 106 valence electrons. The maximum Gasteiger partial charge on any atom is 0.261 e. The molecular weight excluding hydrogens is 254 g/mol. The first-order chi connectivity index (χ1) is 9.11. The van der Waals surface area contributed by atoms with Gasteiger partial charge in [0.2, 0.25) is 5.91 Å². The summed E-state index contributed by atoms with van der Waals surface area (Å²) in [5.74, 6) is -0.254. The fourth-order valence-electron chi connectivity index (χ4n) is 1.47. The van der Waals surface area contributed by atoms with Crippen LogP contribution in [0.25, 0.3) is 0 Å². The van der Waals surface area contributed by atoms with E-state index < -0.39 is 13.0 Å². The van der Waals surface area contributed by atoms with Gasteiger partial charge in [-0.3, -0.25) is 4.79 Å². The number of alkyl halides is 2. The zero-order valence-corrected chi connectivity index (χ0v) is 10.8. The van der Waals surface area contributed by atoms with Crippen molar-refractivity contribution in [3.05, 3.63) is 29.8 Å². The molecule has 0 fully saturated rings. The van der Waals surface area contributed by atoms with Crippen molar-refractivity contribution in [3.8, 4) is 0 Å². The van der Waals surface area contributed by atoms with Crippen molar-refractivity contribution in [2.24, 2.45) is 0 Å². The van der Waals surface area contributed by atoms with E-state index in [0.717, 1.165) is 12.1 Å². The van der Waals surface area contributed by atoms with Crippen LogP contribution in [0.2, 0.25) is 0 Å². The van der Waals surface area contributed by atoms with Gasteiger partial charge in [0, 0.05) is 12.2 Å². The molecule has 0 aromatic heterocycles. The van der Waals surface area contributed by atoms with Crippen molar-refractivity contribution in [2.75, 3.05) is 25.6 Å². The SMILES string of the molecule is CNCc1ccc(NC(=O)CCOCC(F)F)cc1. The first kappa shape index (κ1) is 15.5. The number of hydrogen-bond acceptors (Lipinski definition) is 3. The largest absolute Gasteiger partial charge is 0.375 e. The first-order valence-electron chi connectivity index (χ1n) is 6.01. The van der Waals surface area contributed by atoms with Crippen LogP contribution in [0.3, 0.4) is 0 Å². The predicted octanol–water partition coefficient (Wildman–Crippen LogP) is 2.02. The molecule has 6 heteroatoms. The molecule has 0 radical (unpaired) electrons. The van der Waals surface area contributed by atoms with Gasteiger partial charge >= 0.3 is 0 Å². The minimum Gasteiger partial charge on any atom is -0.375 e. The lowest BCUT2D eigenvalue weighted by atomic mass is 10.2. The van der Waals surface area contributed by atoms with Crippen molar-refractivity contribution >= 4 is 11.6 Å². The topological polar surface area (TPSA) is 50.4 Å². The lowest BCUT2D eigenvalue weighted by molar-refractivity contribution is -0.117. The highest BCUT2D eigenvalue weighted by Gasteiger charge is 2.05. The summed E-state index contributed by atoms with van der Waals surface area (Å²) in [7, 11) is 1.86. The molecule has 2 N–H and O–H groups in total. The van der Waals surface area contributed by atoms with Crippen LogP contribution in [0.4, 0.5) is 14.5 Å². The van der Waals surface area contributed by atoms with Gasteiger partial charge in [0.05, 0.1) is 13.0 Å². The Bertz CT molecular complexity index is 383. The Morgan fingerprint density at radius 2 is 2.00 bits per heavy atom. The van der Waals surface area contributed by atoms with Gasteiger partial charge in [-0.15, -0.1) is 0 Å². The molecule has 19 heavy (non-hydrogen) atoms. The van der Waals surface area contributed by atoms with Gasteiger partial charge in [-0.2, -0.15) is 0 Å². The number of anilines is 1. The van der Waals surface area contributed by atoms with E-state index in [-0.39, 0.29) is 18.9 Å². The molecule has 0 unspecified atom stereocenters. The highest BCUT2D eigenvalue weighted by molar-refractivity contribution is 5.90. The Kier molecular flexibility index (Phi) is 6.99. The van der Waals surface area contributed by atoms with Crippen LogP contribution >= 0.6 is 0 Å². The monoisotopic (exact) mass is 272 g/mol. The van der Waals surface area contributed by atoms with E-state index in [0.29, 0.717) is 5.69 Å². The maximum atomic E-state index is 11.8. The van der Waals surface area contributed by atoms with Crippen LogP contribution in [0.15, 0.2) is 24.3 Å². The van der Waals surface area contributed by atoms with Gasteiger partial charge in [-0.1, -0.05) is 12.1 Å².